The van der Waals surface area contributed by atoms with Crippen LogP contribution in [0.4, 0.5) is 4.79 Å². The number of amides is 3. The van der Waals surface area contributed by atoms with E-state index in [1.807, 2.05) is 0 Å². The van der Waals surface area contributed by atoms with Gasteiger partial charge in [-0.1, -0.05) is 17.7 Å². The minimum absolute atomic E-state index is 0.166. The summed E-state index contributed by atoms with van der Waals surface area (Å²) < 4.78 is 27.1. The van der Waals surface area contributed by atoms with E-state index in [0.717, 1.165) is 0 Å². The van der Waals surface area contributed by atoms with Gasteiger partial charge in [0.2, 0.25) is 0 Å². The van der Waals surface area contributed by atoms with E-state index in [1.54, 1.807) is 51.1 Å². The third-order valence-corrected chi connectivity index (χ3v) is 6.52. The number of hydrogen-bond donors (Lipinski definition) is 3. The Morgan fingerprint density at radius 1 is 1.07 bits per heavy atom. The maximum Gasteiger partial charge on any atom is 0.344 e. The summed E-state index contributed by atoms with van der Waals surface area (Å²) in [5, 5.41) is 9.58. The first kappa shape index (κ1) is 33.2. The Balaban J connectivity index is 1.68. The lowest BCUT2D eigenvalue weighted by Crippen LogP contribution is -2.45. The summed E-state index contributed by atoms with van der Waals surface area (Å²) in [6.07, 6.45) is 1.30. The Kier molecular flexibility index (Phi) is 12.2. The van der Waals surface area contributed by atoms with E-state index >= 15 is 0 Å². The summed E-state index contributed by atoms with van der Waals surface area (Å²) in [4.78, 5) is 48.9. The van der Waals surface area contributed by atoms with Crippen LogP contribution in [0.1, 0.15) is 37.9 Å². The van der Waals surface area contributed by atoms with Gasteiger partial charge in [-0.15, -0.1) is 0 Å². The number of carbonyl (C=O) groups excluding carboxylic acids is 4. The summed E-state index contributed by atoms with van der Waals surface area (Å²) in [5.41, 5.74) is 3.87. The molecule has 1 aliphatic heterocycles. The van der Waals surface area contributed by atoms with Crippen molar-refractivity contribution in [3.8, 4) is 17.2 Å². The number of carbonyl (C=O) groups is 4. The Hall–Kier alpha value is -4.30. The fraction of sp³-hybridized carbons (Fsp3) is 0.321. The molecule has 0 unspecified atom stereocenters. The average Bonchev–Trinajstić information content (AvgIpc) is 2.95. The van der Waals surface area contributed by atoms with Crippen molar-refractivity contribution in [1.82, 2.24) is 16.1 Å². The summed E-state index contributed by atoms with van der Waals surface area (Å²) in [6.45, 7) is 4.60. The SMILES string of the molecule is CCOC(=O)COc1c(Br)cc(Cl)cc1/C=N/NC(=O)COc1ccc([C@H]2NC(=O)NC(C)=C2C(=O)OCC)cc1OC. The standard InChI is InChI=1S/C28H30BrClN4O9/c1-5-40-23(36)14-43-26-17(9-18(30)11-19(26)29)12-31-34-22(35)13-42-20-8-7-16(10-21(20)39-4)25-24(27(37)41-6-2)15(3)32-28(38)33-25/h7-12,25H,5-6,13-14H2,1-4H3,(H,34,35)(H2,32,33,38)/b31-12+/t25-/m1/s1. The van der Waals surface area contributed by atoms with Crippen molar-refractivity contribution in [2.75, 3.05) is 33.5 Å². The first-order valence-electron chi connectivity index (χ1n) is 12.9. The van der Waals surface area contributed by atoms with Crippen molar-refractivity contribution in [3.05, 3.63) is 62.2 Å². The van der Waals surface area contributed by atoms with Crippen LogP contribution in [0.5, 0.6) is 17.2 Å². The highest BCUT2D eigenvalue weighted by Gasteiger charge is 2.32. The summed E-state index contributed by atoms with van der Waals surface area (Å²) in [5.74, 6) is -0.944. The van der Waals surface area contributed by atoms with Crippen molar-refractivity contribution in [2.45, 2.75) is 26.8 Å². The fourth-order valence-corrected chi connectivity index (χ4v) is 4.87. The predicted octanol–water partition coefficient (Wildman–Crippen LogP) is 3.77. The second-order valence-corrected chi connectivity index (χ2v) is 9.97. The zero-order valence-corrected chi connectivity index (χ0v) is 26.1. The molecule has 2 aromatic carbocycles. The van der Waals surface area contributed by atoms with Crippen molar-refractivity contribution in [2.24, 2.45) is 5.10 Å². The van der Waals surface area contributed by atoms with E-state index in [-0.39, 0.29) is 42.6 Å². The first-order chi connectivity index (χ1) is 20.6. The second kappa shape index (κ2) is 15.8. The maximum atomic E-state index is 12.6. The number of esters is 2. The number of methoxy groups -OCH3 is 1. The smallest absolute Gasteiger partial charge is 0.344 e. The van der Waals surface area contributed by atoms with Crippen LogP contribution in [0.2, 0.25) is 5.02 Å². The minimum atomic E-state index is -0.800. The molecule has 0 bridgehead atoms. The molecule has 1 atom stereocenters. The zero-order chi connectivity index (χ0) is 31.5. The highest BCUT2D eigenvalue weighted by atomic mass is 79.9. The Morgan fingerprint density at radius 3 is 2.51 bits per heavy atom. The van der Waals surface area contributed by atoms with Crippen molar-refractivity contribution >= 4 is 57.6 Å². The van der Waals surface area contributed by atoms with Gasteiger partial charge in [0.05, 0.1) is 42.6 Å². The van der Waals surface area contributed by atoms with E-state index in [0.29, 0.717) is 26.3 Å². The summed E-state index contributed by atoms with van der Waals surface area (Å²) >= 11 is 9.46. The molecule has 0 aromatic heterocycles. The minimum Gasteiger partial charge on any atom is -0.493 e. The molecule has 0 saturated heterocycles. The van der Waals surface area contributed by atoms with E-state index in [4.69, 9.17) is 35.3 Å². The number of hydrazone groups is 1. The van der Waals surface area contributed by atoms with Gasteiger partial charge in [-0.25, -0.2) is 19.8 Å². The van der Waals surface area contributed by atoms with Crippen LogP contribution in [0.3, 0.4) is 0 Å². The van der Waals surface area contributed by atoms with Gasteiger partial charge in [0, 0.05) is 16.3 Å². The quantitative estimate of drug-likeness (QED) is 0.162. The van der Waals surface area contributed by atoms with Gasteiger partial charge in [0.1, 0.15) is 5.75 Å². The van der Waals surface area contributed by atoms with Crippen LogP contribution in [0.25, 0.3) is 0 Å². The monoisotopic (exact) mass is 680 g/mol. The van der Waals surface area contributed by atoms with Gasteiger partial charge in [-0.3, -0.25) is 4.79 Å². The van der Waals surface area contributed by atoms with E-state index in [2.05, 4.69) is 37.1 Å². The lowest BCUT2D eigenvalue weighted by Gasteiger charge is -2.28. The predicted molar refractivity (Wildman–Crippen MR) is 159 cm³/mol. The number of hydrogen-bond acceptors (Lipinski definition) is 10. The lowest BCUT2D eigenvalue weighted by molar-refractivity contribution is -0.145. The van der Waals surface area contributed by atoms with Gasteiger partial charge >= 0.3 is 18.0 Å². The number of allylic oxidation sites excluding steroid dienone is 1. The Labute approximate surface area is 261 Å². The number of nitrogens with one attached hydrogen (secondary N) is 3. The molecule has 15 heteroatoms. The molecule has 3 amide bonds. The average molecular weight is 682 g/mol. The number of halogens is 2. The van der Waals surface area contributed by atoms with Crippen LogP contribution in [-0.2, 0) is 23.9 Å². The summed E-state index contributed by atoms with van der Waals surface area (Å²) in [7, 11) is 1.41. The third-order valence-electron chi connectivity index (χ3n) is 5.71. The van der Waals surface area contributed by atoms with Gasteiger partial charge in [0.25, 0.3) is 5.91 Å². The molecule has 230 valence electrons. The number of ether oxygens (including phenoxy) is 5. The van der Waals surface area contributed by atoms with Crippen LogP contribution in [-0.4, -0.2) is 63.6 Å². The van der Waals surface area contributed by atoms with Crippen LogP contribution >= 0.6 is 27.5 Å². The zero-order valence-electron chi connectivity index (χ0n) is 23.7. The van der Waals surface area contributed by atoms with Crippen LogP contribution in [0, 0.1) is 0 Å². The van der Waals surface area contributed by atoms with Gasteiger partial charge < -0.3 is 34.3 Å². The molecule has 0 radical (unpaired) electrons. The van der Waals surface area contributed by atoms with Gasteiger partial charge in [-0.05, 0) is 66.5 Å². The molecule has 0 spiro atoms. The number of nitrogens with zero attached hydrogens (tertiary/aromatic N) is 1. The van der Waals surface area contributed by atoms with Gasteiger partial charge in [-0.2, -0.15) is 5.10 Å². The highest BCUT2D eigenvalue weighted by molar-refractivity contribution is 9.10. The highest BCUT2D eigenvalue weighted by Crippen LogP contribution is 2.35. The maximum absolute atomic E-state index is 12.6. The molecule has 2 aromatic rings. The molecule has 43 heavy (non-hydrogen) atoms. The van der Waals surface area contributed by atoms with Crippen molar-refractivity contribution in [3.63, 3.8) is 0 Å². The molecule has 0 aliphatic carbocycles. The normalized spacial score (nSPS) is 14.5. The Bertz CT molecular complexity index is 1450. The second-order valence-electron chi connectivity index (χ2n) is 8.68. The number of benzene rings is 2. The van der Waals surface area contributed by atoms with Crippen LogP contribution in [0.15, 0.2) is 51.2 Å². The molecule has 3 N–H and O–H groups in total. The molecular formula is C28H30BrClN4O9. The molecule has 1 aliphatic rings. The lowest BCUT2D eigenvalue weighted by atomic mass is 9.95. The van der Waals surface area contributed by atoms with E-state index in [9.17, 15) is 19.2 Å². The van der Waals surface area contributed by atoms with Gasteiger partial charge in [0.15, 0.2) is 24.7 Å². The Morgan fingerprint density at radius 2 is 1.81 bits per heavy atom. The molecule has 13 nitrogen and oxygen atoms in total. The molecule has 3 rings (SSSR count). The van der Waals surface area contributed by atoms with E-state index < -0.39 is 36.5 Å². The molecular weight excluding hydrogens is 652 g/mol. The molecule has 0 saturated carbocycles. The first-order valence-corrected chi connectivity index (χ1v) is 14.1. The molecule has 0 fully saturated rings. The fourth-order valence-electron chi connectivity index (χ4n) is 3.92. The largest absolute Gasteiger partial charge is 0.493 e. The number of urea groups is 1. The molecule has 1 heterocycles. The summed E-state index contributed by atoms with van der Waals surface area (Å²) in [6, 6.07) is 6.61. The third kappa shape index (κ3) is 9.09. The van der Waals surface area contributed by atoms with Crippen LogP contribution < -0.4 is 30.3 Å². The van der Waals surface area contributed by atoms with E-state index in [1.165, 1.54) is 13.3 Å². The topological polar surface area (TPSA) is 163 Å². The van der Waals surface area contributed by atoms with Crippen molar-refractivity contribution < 1.29 is 42.9 Å². The van der Waals surface area contributed by atoms with Crippen molar-refractivity contribution in [1.29, 1.82) is 0 Å². The number of rotatable bonds is 13.